The summed E-state index contributed by atoms with van der Waals surface area (Å²) in [6.07, 6.45) is 0.264. The molecule has 2 aromatic rings. The standard InChI is InChI=1S/C18H23N5O3S/c1-26-15-7-5-14(6-8-15)23(21)18(22-20)27-11-13-4-2-3-12(9-13)10-16(19)17(24)25/h2-9,16H,10-11,19-21H2,1H3,(H,24,25)/b22-18+. The van der Waals surface area contributed by atoms with E-state index >= 15 is 0 Å². The molecule has 0 amide bonds. The quantitative estimate of drug-likeness (QED) is 0.242. The number of carboxylic acid groups (broad SMARTS) is 1. The van der Waals surface area contributed by atoms with Crippen molar-refractivity contribution < 1.29 is 14.6 Å². The van der Waals surface area contributed by atoms with E-state index in [1.54, 1.807) is 31.4 Å². The Hall–Kier alpha value is -2.75. The van der Waals surface area contributed by atoms with Crippen molar-refractivity contribution in [3.05, 3.63) is 59.7 Å². The predicted molar refractivity (Wildman–Crippen MR) is 108 cm³/mol. The first-order chi connectivity index (χ1) is 12.9. The van der Waals surface area contributed by atoms with Crippen LogP contribution in [0.3, 0.4) is 0 Å². The van der Waals surface area contributed by atoms with Crippen LogP contribution in [0.2, 0.25) is 0 Å². The van der Waals surface area contributed by atoms with Crippen LogP contribution in [0, 0.1) is 0 Å². The van der Waals surface area contributed by atoms with Crippen molar-refractivity contribution in [1.29, 1.82) is 0 Å². The fourth-order valence-electron chi connectivity index (χ4n) is 2.36. The lowest BCUT2D eigenvalue weighted by molar-refractivity contribution is -0.138. The molecule has 9 heteroatoms. The molecule has 0 aliphatic heterocycles. The largest absolute Gasteiger partial charge is 0.497 e. The molecule has 0 saturated carbocycles. The number of aliphatic carboxylic acids is 1. The van der Waals surface area contributed by atoms with Crippen molar-refractivity contribution in [2.75, 3.05) is 12.1 Å². The van der Waals surface area contributed by atoms with Crippen LogP contribution in [-0.4, -0.2) is 29.4 Å². The van der Waals surface area contributed by atoms with Gasteiger partial charge in [0.1, 0.15) is 11.8 Å². The van der Waals surface area contributed by atoms with Gasteiger partial charge in [0, 0.05) is 5.75 Å². The van der Waals surface area contributed by atoms with Gasteiger partial charge in [0.25, 0.3) is 0 Å². The fraction of sp³-hybridized carbons (Fsp3) is 0.222. The van der Waals surface area contributed by atoms with E-state index in [0.717, 1.165) is 16.9 Å². The zero-order chi connectivity index (χ0) is 19.8. The average molecular weight is 389 g/mol. The summed E-state index contributed by atoms with van der Waals surface area (Å²) >= 11 is 1.37. The van der Waals surface area contributed by atoms with E-state index < -0.39 is 12.0 Å². The number of anilines is 1. The summed E-state index contributed by atoms with van der Waals surface area (Å²) < 4.78 is 5.13. The molecule has 2 aromatic carbocycles. The number of hydrazine groups is 1. The van der Waals surface area contributed by atoms with Crippen LogP contribution in [0.25, 0.3) is 0 Å². The number of ether oxygens (including phenoxy) is 1. The van der Waals surface area contributed by atoms with Crippen molar-refractivity contribution in [1.82, 2.24) is 0 Å². The Morgan fingerprint density at radius 2 is 1.93 bits per heavy atom. The smallest absolute Gasteiger partial charge is 0.320 e. The summed E-state index contributed by atoms with van der Waals surface area (Å²) in [7, 11) is 1.59. The number of hydrogen-bond acceptors (Lipinski definition) is 7. The Kier molecular flexibility index (Phi) is 7.47. The molecule has 0 aromatic heterocycles. The Balaban J connectivity index is 2.01. The van der Waals surface area contributed by atoms with Crippen LogP contribution in [0.4, 0.5) is 5.69 Å². The highest BCUT2D eigenvalue weighted by Gasteiger charge is 2.14. The highest BCUT2D eigenvalue weighted by molar-refractivity contribution is 8.13. The average Bonchev–Trinajstić information content (AvgIpc) is 2.68. The summed E-state index contributed by atoms with van der Waals surface area (Å²) in [6.45, 7) is 0. The summed E-state index contributed by atoms with van der Waals surface area (Å²) in [6, 6.07) is 13.8. The third-order valence-corrected chi connectivity index (χ3v) is 4.84. The fourth-order valence-corrected chi connectivity index (χ4v) is 3.15. The maximum atomic E-state index is 10.9. The number of amidine groups is 1. The van der Waals surface area contributed by atoms with Crippen molar-refractivity contribution >= 4 is 28.6 Å². The van der Waals surface area contributed by atoms with Gasteiger partial charge in [0.15, 0.2) is 0 Å². The van der Waals surface area contributed by atoms with Gasteiger partial charge < -0.3 is 21.4 Å². The number of rotatable bonds is 7. The molecule has 0 saturated heterocycles. The van der Waals surface area contributed by atoms with Gasteiger partial charge in [-0.1, -0.05) is 36.0 Å². The molecular weight excluding hydrogens is 366 g/mol. The second kappa shape index (κ2) is 9.81. The zero-order valence-corrected chi connectivity index (χ0v) is 15.7. The molecule has 0 heterocycles. The van der Waals surface area contributed by atoms with Crippen LogP contribution < -0.4 is 27.2 Å². The second-order valence-corrected chi connectivity index (χ2v) is 6.68. The summed E-state index contributed by atoms with van der Waals surface area (Å²) in [5, 5.41) is 14.5. The van der Waals surface area contributed by atoms with Crippen LogP contribution >= 0.6 is 11.8 Å². The molecule has 0 fully saturated rings. The minimum Gasteiger partial charge on any atom is -0.497 e. The van der Waals surface area contributed by atoms with Gasteiger partial charge in [-0.15, -0.1) is 0 Å². The number of methoxy groups -OCH3 is 1. The van der Waals surface area contributed by atoms with Gasteiger partial charge in [-0.25, -0.2) is 5.84 Å². The predicted octanol–water partition coefficient (Wildman–Crippen LogP) is 1.49. The molecule has 0 spiro atoms. The molecule has 2 rings (SSSR count). The highest BCUT2D eigenvalue weighted by Crippen LogP contribution is 2.22. The monoisotopic (exact) mass is 389 g/mol. The number of thioether (sulfide) groups is 1. The molecular formula is C18H23N5O3S. The van der Waals surface area contributed by atoms with E-state index in [1.165, 1.54) is 16.8 Å². The Morgan fingerprint density at radius 3 is 2.52 bits per heavy atom. The van der Waals surface area contributed by atoms with Gasteiger partial charge in [-0.3, -0.25) is 9.80 Å². The maximum Gasteiger partial charge on any atom is 0.320 e. The van der Waals surface area contributed by atoms with Gasteiger partial charge in [-0.05, 0) is 41.8 Å². The number of hydrazone groups is 1. The molecule has 1 atom stereocenters. The van der Waals surface area contributed by atoms with Crippen LogP contribution in [0.15, 0.2) is 53.6 Å². The van der Waals surface area contributed by atoms with Crippen molar-refractivity contribution in [3.8, 4) is 5.75 Å². The maximum absolute atomic E-state index is 10.9. The minimum absolute atomic E-state index is 0.264. The summed E-state index contributed by atoms with van der Waals surface area (Å²) in [5.74, 6) is 11.9. The van der Waals surface area contributed by atoms with E-state index in [-0.39, 0.29) is 6.42 Å². The number of hydrogen-bond donors (Lipinski definition) is 4. The molecule has 144 valence electrons. The number of nitrogens with zero attached hydrogens (tertiary/aromatic N) is 2. The molecule has 0 radical (unpaired) electrons. The van der Waals surface area contributed by atoms with E-state index in [2.05, 4.69) is 5.10 Å². The number of carbonyl (C=O) groups is 1. The first-order valence-corrected chi connectivity index (χ1v) is 9.09. The van der Waals surface area contributed by atoms with Crippen LogP contribution in [0.1, 0.15) is 11.1 Å². The topological polar surface area (TPSA) is 140 Å². The number of benzene rings is 2. The van der Waals surface area contributed by atoms with Gasteiger partial charge in [-0.2, -0.15) is 5.10 Å². The summed E-state index contributed by atoms with van der Waals surface area (Å²) in [4.78, 5) is 10.9. The Morgan fingerprint density at radius 1 is 1.26 bits per heavy atom. The first-order valence-electron chi connectivity index (χ1n) is 8.10. The molecule has 7 N–H and O–H groups in total. The van der Waals surface area contributed by atoms with Crippen molar-refractivity contribution in [2.24, 2.45) is 22.5 Å². The Labute approximate surface area is 161 Å². The van der Waals surface area contributed by atoms with E-state index in [9.17, 15) is 4.79 Å². The zero-order valence-electron chi connectivity index (χ0n) is 14.9. The molecule has 0 bridgehead atoms. The number of carboxylic acids is 1. The third kappa shape index (κ3) is 5.88. The molecule has 0 aliphatic carbocycles. The Bertz CT molecular complexity index is 798. The number of nitrogens with two attached hydrogens (primary N) is 3. The molecule has 27 heavy (non-hydrogen) atoms. The van der Waals surface area contributed by atoms with Gasteiger partial charge >= 0.3 is 5.97 Å². The van der Waals surface area contributed by atoms with Gasteiger partial charge in [0.05, 0.1) is 12.8 Å². The third-order valence-electron chi connectivity index (χ3n) is 3.80. The van der Waals surface area contributed by atoms with Crippen molar-refractivity contribution in [2.45, 2.75) is 18.2 Å². The second-order valence-electron chi connectivity index (χ2n) is 5.74. The minimum atomic E-state index is -1.02. The van der Waals surface area contributed by atoms with E-state index in [0.29, 0.717) is 16.6 Å². The van der Waals surface area contributed by atoms with E-state index in [4.69, 9.17) is 27.3 Å². The molecule has 1 unspecified atom stereocenters. The normalized spacial score (nSPS) is 12.5. The van der Waals surface area contributed by atoms with Crippen LogP contribution in [-0.2, 0) is 17.0 Å². The lowest BCUT2D eigenvalue weighted by Crippen LogP contribution is -2.36. The lowest BCUT2D eigenvalue weighted by atomic mass is 10.0. The molecule has 0 aliphatic rings. The summed E-state index contributed by atoms with van der Waals surface area (Å²) in [5.41, 5.74) is 8.15. The van der Waals surface area contributed by atoms with Gasteiger partial charge in [0.2, 0.25) is 5.17 Å². The SMILES string of the molecule is COc1ccc(N(N)/C(=N\N)SCc2cccc(CC(N)C(=O)O)c2)cc1. The van der Waals surface area contributed by atoms with Crippen LogP contribution in [0.5, 0.6) is 5.75 Å². The molecule has 8 nitrogen and oxygen atoms in total. The lowest BCUT2D eigenvalue weighted by Gasteiger charge is -2.19. The van der Waals surface area contributed by atoms with Crippen molar-refractivity contribution in [3.63, 3.8) is 0 Å². The first kappa shape index (κ1) is 20.6. The van der Waals surface area contributed by atoms with E-state index in [1.807, 2.05) is 24.3 Å². The highest BCUT2D eigenvalue weighted by atomic mass is 32.2.